The van der Waals surface area contributed by atoms with Crippen LogP contribution in [0.2, 0.25) is 0 Å². The molecule has 198 valence electrons. The lowest BCUT2D eigenvalue weighted by atomic mass is 10.1. The Hall–Kier alpha value is -3.63. The summed E-state index contributed by atoms with van der Waals surface area (Å²) in [6.07, 6.45) is 3.63. The number of amides is 1. The lowest BCUT2D eigenvalue weighted by Gasteiger charge is -2.19. The van der Waals surface area contributed by atoms with Crippen LogP contribution in [0.25, 0.3) is 10.9 Å². The molecule has 37 heavy (non-hydrogen) atoms. The molecule has 0 bridgehead atoms. The largest absolute Gasteiger partial charge is 0.493 e. The van der Waals surface area contributed by atoms with Gasteiger partial charge in [0.15, 0.2) is 11.5 Å². The molecule has 3 rings (SSSR count). The van der Waals surface area contributed by atoms with Crippen molar-refractivity contribution in [1.82, 2.24) is 14.2 Å². The van der Waals surface area contributed by atoms with Crippen LogP contribution in [-0.4, -0.2) is 57.1 Å². The summed E-state index contributed by atoms with van der Waals surface area (Å²) in [6.45, 7) is 8.49. The molecule has 0 spiro atoms. The Kier molecular flexibility index (Phi) is 9.12. The third kappa shape index (κ3) is 5.86. The van der Waals surface area contributed by atoms with E-state index in [4.69, 9.17) is 9.47 Å². The molecule has 1 N–H and O–H groups in total. The van der Waals surface area contributed by atoms with Crippen LogP contribution in [0.4, 0.5) is 0 Å². The molecule has 1 aromatic heterocycles. The van der Waals surface area contributed by atoms with E-state index in [0.29, 0.717) is 43.1 Å². The molecule has 0 atom stereocenters. The first-order chi connectivity index (χ1) is 17.7. The van der Waals surface area contributed by atoms with Gasteiger partial charge in [-0.2, -0.15) is 4.31 Å². The smallest absolute Gasteiger partial charge is 0.256 e. The van der Waals surface area contributed by atoms with Crippen LogP contribution in [0.3, 0.4) is 0 Å². The number of carbonyl (C=O) groups is 1. The van der Waals surface area contributed by atoms with Gasteiger partial charge in [-0.3, -0.25) is 9.59 Å². The number of benzene rings is 2. The van der Waals surface area contributed by atoms with Gasteiger partial charge in [-0.15, -0.1) is 6.58 Å². The average molecular weight is 528 g/mol. The Bertz CT molecular complexity index is 1460. The van der Waals surface area contributed by atoms with E-state index in [-0.39, 0.29) is 22.4 Å². The monoisotopic (exact) mass is 527 g/mol. The Labute approximate surface area is 217 Å². The number of rotatable bonds is 12. The Morgan fingerprint density at radius 1 is 1.08 bits per heavy atom. The van der Waals surface area contributed by atoms with Crippen LogP contribution in [0.15, 0.2) is 64.9 Å². The maximum Gasteiger partial charge on any atom is 0.256 e. The van der Waals surface area contributed by atoms with Crippen LogP contribution < -0.4 is 20.2 Å². The number of sulfonamides is 1. The maximum absolute atomic E-state index is 13.4. The molecule has 9 nitrogen and oxygen atoms in total. The first-order valence-electron chi connectivity index (χ1n) is 12.0. The lowest BCUT2D eigenvalue weighted by molar-refractivity contribution is 0.0952. The van der Waals surface area contributed by atoms with E-state index in [1.54, 1.807) is 50.8 Å². The van der Waals surface area contributed by atoms with Gasteiger partial charge in [0.25, 0.3) is 5.91 Å². The van der Waals surface area contributed by atoms with E-state index >= 15 is 0 Å². The molecule has 2 aromatic carbocycles. The number of aromatic nitrogens is 1. The minimum Gasteiger partial charge on any atom is -0.493 e. The van der Waals surface area contributed by atoms with Gasteiger partial charge < -0.3 is 19.4 Å². The SMILES string of the molecule is C=CCn1cc(C(=O)NCCc2ccc(OC)c(OC)c2)c(=O)c2cc(S(=O)(=O)N(CC)CC)ccc21. The van der Waals surface area contributed by atoms with E-state index in [9.17, 15) is 18.0 Å². The van der Waals surface area contributed by atoms with Crippen molar-refractivity contribution >= 4 is 26.8 Å². The van der Waals surface area contributed by atoms with Crippen molar-refractivity contribution in [3.63, 3.8) is 0 Å². The van der Waals surface area contributed by atoms with Crippen molar-refractivity contribution in [3.05, 3.63) is 76.6 Å². The highest BCUT2D eigenvalue weighted by Gasteiger charge is 2.23. The van der Waals surface area contributed by atoms with Gasteiger partial charge >= 0.3 is 0 Å². The molecule has 0 fully saturated rings. The highest BCUT2D eigenvalue weighted by molar-refractivity contribution is 7.89. The van der Waals surface area contributed by atoms with E-state index in [1.807, 2.05) is 12.1 Å². The molecule has 0 radical (unpaired) electrons. The zero-order valence-corrected chi connectivity index (χ0v) is 22.4. The first kappa shape index (κ1) is 27.9. The zero-order chi connectivity index (χ0) is 27.2. The quantitative estimate of drug-likeness (QED) is 0.363. The van der Waals surface area contributed by atoms with Crippen molar-refractivity contribution in [2.24, 2.45) is 0 Å². The standard InChI is InChI=1S/C27H33N3O6S/c1-6-15-29-18-22(27(32)28-14-13-19-9-12-24(35-4)25(16-19)36-5)26(31)21-17-20(10-11-23(21)29)37(33,34)30(7-2)8-3/h6,9-12,16-18H,1,7-8,13-15H2,2-5H3,(H,28,32). The summed E-state index contributed by atoms with van der Waals surface area (Å²) >= 11 is 0. The van der Waals surface area contributed by atoms with E-state index < -0.39 is 21.4 Å². The summed E-state index contributed by atoms with van der Waals surface area (Å²) in [5.74, 6) is 0.655. The third-order valence-electron chi connectivity index (χ3n) is 6.11. The number of ether oxygens (including phenoxy) is 2. The predicted molar refractivity (Wildman–Crippen MR) is 144 cm³/mol. The summed E-state index contributed by atoms with van der Waals surface area (Å²) < 4.78 is 39.7. The predicted octanol–water partition coefficient (Wildman–Crippen LogP) is 3.21. The van der Waals surface area contributed by atoms with Gasteiger partial charge in [0.1, 0.15) is 5.56 Å². The van der Waals surface area contributed by atoms with Crippen molar-refractivity contribution in [2.45, 2.75) is 31.7 Å². The van der Waals surface area contributed by atoms with E-state index in [2.05, 4.69) is 11.9 Å². The number of nitrogens with one attached hydrogen (secondary N) is 1. The molecule has 0 aliphatic rings. The lowest BCUT2D eigenvalue weighted by Crippen LogP contribution is -2.32. The van der Waals surface area contributed by atoms with E-state index in [0.717, 1.165) is 5.56 Å². The summed E-state index contributed by atoms with van der Waals surface area (Å²) in [4.78, 5) is 26.4. The van der Waals surface area contributed by atoms with Crippen LogP contribution in [0.1, 0.15) is 29.8 Å². The second-order valence-electron chi connectivity index (χ2n) is 8.28. The Balaban J connectivity index is 1.94. The van der Waals surface area contributed by atoms with E-state index in [1.165, 1.54) is 22.6 Å². The molecule has 0 saturated carbocycles. The topological polar surface area (TPSA) is 107 Å². The molecule has 1 amide bonds. The Morgan fingerprint density at radius 2 is 1.78 bits per heavy atom. The Morgan fingerprint density at radius 3 is 2.41 bits per heavy atom. The van der Waals surface area contributed by atoms with Gasteiger partial charge in [0, 0.05) is 37.8 Å². The van der Waals surface area contributed by atoms with Crippen molar-refractivity contribution in [2.75, 3.05) is 33.9 Å². The van der Waals surface area contributed by atoms with Gasteiger partial charge in [0.2, 0.25) is 15.5 Å². The van der Waals surface area contributed by atoms with Crippen LogP contribution >= 0.6 is 0 Å². The fourth-order valence-corrected chi connectivity index (χ4v) is 5.64. The summed E-state index contributed by atoms with van der Waals surface area (Å²) in [7, 11) is -0.668. The van der Waals surface area contributed by atoms with Crippen molar-refractivity contribution in [3.8, 4) is 11.5 Å². The normalized spacial score (nSPS) is 11.5. The number of methoxy groups -OCH3 is 2. The maximum atomic E-state index is 13.4. The number of nitrogens with zero attached hydrogens (tertiary/aromatic N) is 2. The highest BCUT2D eigenvalue weighted by atomic mass is 32.2. The van der Waals surface area contributed by atoms with Crippen molar-refractivity contribution in [1.29, 1.82) is 0 Å². The molecule has 3 aromatic rings. The molecule has 10 heteroatoms. The van der Waals surface area contributed by atoms with Gasteiger partial charge in [-0.25, -0.2) is 8.42 Å². The average Bonchev–Trinajstić information content (AvgIpc) is 2.90. The second-order valence-corrected chi connectivity index (χ2v) is 10.2. The number of hydrogen-bond donors (Lipinski definition) is 1. The molecule has 0 unspecified atom stereocenters. The molecular weight excluding hydrogens is 494 g/mol. The summed E-state index contributed by atoms with van der Waals surface area (Å²) in [5.41, 5.74) is 0.839. The van der Waals surface area contributed by atoms with Crippen LogP contribution in [0.5, 0.6) is 11.5 Å². The second kappa shape index (κ2) is 12.1. The molecule has 0 saturated heterocycles. The van der Waals surface area contributed by atoms with Gasteiger partial charge in [-0.1, -0.05) is 26.0 Å². The molecule has 0 aliphatic heterocycles. The third-order valence-corrected chi connectivity index (χ3v) is 8.16. The molecule has 0 aliphatic carbocycles. The fraction of sp³-hybridized carbons (Fsp3) is 0.333. The number of allylic oxidation sites excluding steroid dienone is 1. The van der Waals surface area contributed by atoms with Crippen LogP contribution in [-0.2, 0) is 23.0 Å². The zero-order valence-electron chi connectivity index (χ0n) is 21.6. The number of pyridine rings is 1. The summed E-state index contributed by atoms with van der Waals surface area (Å²) in [5, 5.41) is 2.95. The molecular formula is C27H33N3O6S. The first-order valence-corrected chi connectivity index (χ1v) is 13.4. The minimum atomic E-state index is -3.78. The van der Waals surface area contributed by atoms with Crippen LogP contribution in [0, 0.1) is 0 Å². The number of carbonyl (C=O) groups excluding carboxylic acids is 1. The van der Waals surface area contributed by atoms with Crippen molar-refractivity contribution < 1.29 is 22.7 Å². The molecule has 1 heterocycles. The van der Waals surface area contributed by atoms with Gasteiger partial charge in [0.05, 0.1) is 24.6 Å². The fourth-order valence-electron chi connectivity index (χ4n) is 4.15. The number of hydrogen-bond acceptors (Lipinski definition) is 6. The van der Waals surface area contributed by atoms with Gasteiger partial charge in [-0.05, 0) is 42.3 Å². The summed E-state index contributed by atoms with van der Waals surface area (Å²) in [6, 6.07) is 9.92. The minimum absolute atomic E-state index is 0.0111. The highest BCUT2D eigenvalue weighted by Crippen LogP contribution is 2.27. The number of fused-ring (bicyclic) bond motifs is 1.